The van der Waals surface area contributed by atoms with Crippen LogP contribution in [-0.4, -0.2) is 36.2 Å². The van der Waals surface area contributed by atoms with Gasteiger partial charge in [0, 0.05) is 10.9 Å². The summed E-state index contributed by atoms with van der Waals surface area (Å²) in [4.78, 5) is 38.7. The van der Waals surface area contributed by atoms with Crippen molar-refractivity contribution in [3.05, 3.63) is 41.4 Å². The first-order valence-corrected chi connectivity index (χ1v) is 7.50. The Kier molecular flexibility index (Phi) is 5.42. The summed E-state index contributed by atoms with van der Waals surface area (Å²) in [5.74, 6) is -1.51. The maximum absolute atomic E-state index is 12.0. The van der Waals surface area contributed by atoms with Gasteiger partial charge in [-0.1, -0.05) is 30.3 Å². The van der Waals surface area contributed by atoms with Crippen molar-refractivity contribution in [3.63, 3.8) is 0 Å². The number of rotatable bonds is 4. The van der Waals surface area contributed by atoms with Gasteiger partial charge in [-0.3, -0.25) is 10.1 Å². The molecule has 2 rings (SSSR count). The molecule has 0 bridgehead atoms. The molecule has 0 saturated carbocycles. The van der Waals surface area contributed by atoms with Crippen molar-refractivity contribution >= 4 is 29.3 Å². The number of ether oxygens (including phenoxy) is 2. The summed E-state index contributed by atoms with van der Waals surface area (Å²) in [6.45, 7) is 1.35. The van der Waals surface area contributed by atoms with Crippen LogP contribution in [-0.2, 0) is 14.3 Å². The summed E-state index contributed by atoms with van der Waals surface area (Å²) >= 11 is 1.29. The molecule has 1 N–H and O–H groups in total. The lowest BCUT2D eigenvalue weighted by molar-refractivity contribution is -0.128. The van der Waals surface area contributed by atoms with Gasteiger partial charge >= 0.3 is 12.1 Å². The number of thiazole rings is 1. The second-order valence-electron chi connectivity index (χ2n) is 4.43. The van der Waals surface area contributed by atoms with Crippen molar-refractivity contribution in [2.24, 2.45) is 0 Å². The summed E-state index contributed by atoms with van der Waals surface area (Å²) in [6, 6.07) is 9.37. The molecule has 0 radical (unpaired) electrons. The molecule has 23 heavy (non-hydrogen) atoms. The average molecular weight is 334 g/mol. The molecular formula is C15H14N2O5S. The van der Waals surface area contributed by atoms with Crippen molar-refractivity contribution in [2.75, 3.05) is 7.11 Å². The molecule has 0 aliphatic heterocycles. The highest BCUT2D eigenvalue weighted by Gasteiger charge is 2.22. The van der Waals surface area contributed by atoms with E-state index in [0.29, 0.717) is 5.01 Å². The van der Waals surface area contributed by atoms with E-state index in [1.165, 1.54) is 18.3 Å². The van der Waals surface area contributed by atoms with Crippen LogP contribution in [0.1, 0.15) is 17.4 Å². The summed E-state index contributed by atoms with van der Waals surface area (Å²) in [5, 5.41) is 4.14. The number of benzene rings is 1. The van der Waals surface area contributed by atoms with Gasteiger partial charge in [-0.25, -0.2) is 14.6 Å². The zero-order chi connectivity index (χ0) is 16.8. The molecule has 120 valence electrons. The molecule has 1 aromatic heterocycles. The fourth-order valence-corrected chi connectivity index (χ4v) is 2.40. The van der Waals surface area contributed by atoms with Crippen LogP contribution in [0.5, 0.6) is 0 Å². The van der Waals surface area contributed by atoms with E-state index in [2.05, 4.69) is 9.72 Å². The van der Waals surface area contributed by atoms with Crippen LogP contribution in [0.3, 0.4) is 0 Å². The summed E-state index contributed by atoms with van der Waals surface area (Å²) in [7, 11) is 1.12. The van der Waals surface area contributed by atoms with Crippen LogP contribution in [0.4, 0.5) is 4.79 Å². The first-order valence-electron chi connectivity index (χ1n) is 6.62. The van der Waals surface area contributed by atoms with Gasteiger partial charge < -0.3 is 9.47 Å². The fraction of sp³-hybridized carbons (Fsp3) is 0.200. The third kappa shape index (κ3) is 4.36. The van der Waals surface area contributed by atoms with Crippen molar-refractivity contribution < 1.29 is 23.9 Å². The zero-order valence-corrected chi connectivity index (χ0v) is 13.3. The lowest BCUT2D eigenvalue weighted by atomic mass is 10.2. The van der Waals surface area contributed by atoms with Crippen LogP contribution in [0.2, 0.25) is 0 Å². The minimum absolute atomic E-state index is 0.103. The highest BCUT2D eigenvalue weighted by Crippen LogP contribution is 2.23. The fourth-order valence-electron chi connectivity index (χ4n) is 1.61. The number of alkyl carbamates (subject to hydrolysis) is 1. The monoisotopic (exact) mass is 334 g/mol. The number of amides is 2. The van der Waals surface area contributed by atoms with E-state index >= 15 is 0 Å². The van der Waals surface area contributed by atoms with Crippen LogP contribution in [0.15, 0.2) is 35.7 Å². The summed E-state index contributed by atoms with van der Waals surface area (Å²) < 4.78 is 9.27. The van der Waals surface area contributed by atoms with Crippen LogP contribution in [0, 0.1) is 0 Å². The van der Waals surface area contributed by atoms with E-state index in [4.69, 9.17) is 4.74 Å². The van der Waals surface area contributed by atoms with Crippen LogP contribution in [0.25, 0.3) is 10.6 Å². The Morgan fingerprint density at radius 3 is 2.57 bits per heavy atom. The minimum atomic E-state index is -1.15. The molecule has 1 aromatic carbocycles. The van der Waals surface area contributed by atoms with Crippen molar-refractivity contribution in [1.82, 2.24) is 10.3 Å². The molecule has 2 aromatic rings. The maximum Gasteiger partial charge on any atom is 0.413 e. The smallest absolute Gasteiger partial charge is 0.413 e. The number of methoxy groups -OCH3 is 1. The largest absolute Gasteiger partial charge is 0.453 e. The molecule has 0 unspecified atom stereocenters. The Hall–Kier alpha value is -2.74. The van der Waals surface area contributed by atoms with Gasteiger partial charge in [-0.15, -0.1) is 11.3 Å². The van der Waals surface area contributed by atoms with Crippen LogP contribution >= 0.6 is 11.3 Å². The van der Waals surface area contributed by atoms with Gasteiger partial charge in [0.25, 0.3) is 5.91 Å². The molecule has 0 saturated heterocycles. The molecule has 1 heterocycles. The first-order chi connectivity index (χ1) is 11.0. The van der Waals surface area contributed by atoms with Gasteiger partial charge in [-0.2, -0.15) is 0 Å². The predicted molar refractivity (Wildman–Crippen MR) is 83.0 cm³/mol. The standard InChI is InChI=1S/C15H14N2O5S/c1-9(12(18)17-15(20)21-2)22-14(19)11-8-23-13(16-11)10-6-4-3-5-7-10/h3-9H,1-2H3,(H,17,18,20)/t9-/m0/s1. The van der Waals surface area contributed by atoms with E-state index in [-0.39, 0.29) is 5.69 Å². The third-order valence-electron chi connectivity index (χ3n) is 2.80. The van der Waals surface area contributed by atoms with Gasteiger partial charge in [0.05, 0.1) is 7.11 Å². The Balaban J connectivity index is 2.00. The normalized spacial score (nSPS) is 11.4. The number of carbonyl (C=O) groups excluding carboxylic acids is 3. The number of nitrogens with one attached hydrogen (secondary N) is 1. The van der Waals surface area contributed by atoms with Crippen molar-refractivity contribution in [3.8, 4) is 10.6 Å². The van der Waals surface area contributed by atoms with E-state index in [0.717, 1.165) is 12.7 Å². The third-order valence-corrected chi connectivity index (χ3v) is 3.69. The lowest BCUT2D eigenvalue weighted by Crippen LogP contribution is -2.39. The molecule has 8 heteroatoms. The predicted octanol–water partition coefficient (Wildman–Crippen LogP) is 2.24. The van der Waals surface area contributed by atoms with Crippen molar-refractivity contribution in [1.29, 1.82) is 0 Å². The maximum atomic E-state index is 12.0. The van der Waals surface area contributed by atoms with E-state index in [1.807, 2.05) is 35.6 Å². The number of carbonyl (C=O) groups is 3. The molecule has 7 nitrogen and oxygen atoms in total. The molecule has 2 amide bonds. The Morgan fingerprint density at radius 2 is 1.91 bits per heavy atom. The average Bonchev–Trinajstić information content (AvgIpc) is 3.05. The minimum Gasteiger partial charge on any atom is -0.453 e. The van der Waals surface area contributed by atoms with E-state index < -0.39 is 24.1 Å². The number of imide groups is 1. The summed E-state index contributed by atoms with van der Waals surface area (Å²) in [5.41, 5.74) is 0.986. The van der Waals surface area contributed by atoms with Gasteiger partial charge in [0.15, 0.2) is 11.8 Å². The highest BCUT2D eigenvalue weighted by atomic mass is 32.1. The Morgan fingerprint density at radius 1 is 1.22 bits per heavy atom. The lowest BCUT2D eigenvalue weighted by Gasteiger charge is -2.11. The van der Waals surface area contributed by atoms with Gasteiger partial charge in [-0.05, 0) is 6.92 Å². The summed E-state index contributed by atoms with van der Waals surface area (Å²) in [6.07, 6.45) is -2.07. The number of nitrogens with zero attached hydrogens (tertiary/aromatic N) is 1. The molecule has 0 aliphatic rings. The van der Waals surface area contributed by atoms with Crippen LogP contribution < -0.4 is 5.32 Å². The molecular weight excluding hydrogens is 320 g/mol. The van der Waals surface area contributed by atoms with E-state index in [1.54, 1.807) is 5.38 Å². The number of aromatic nitrogens is 1. The second-order valence-corrected chi connectivity index (χ2v) is 5.29. The van der Waals surface area contributed by atoms with Crippen molar-refractivity contribution in [2.45, 2.75) is 13.0 Å². The van der Waals surface area contributed by atoms with Gasteiger partial charge in [0.2, 0.25) is 0 Å². The number of hydrogen-bond acceptors (Lipinski definition) is 7. The molecule has 0 spiro atoms. The zero-order valence-electron chi connectivity index (χ0n) is 12.4. The SMILES string of the molecule is COC(=O)NC(=O)[C@H](C)OC(=O)c1csc(-c2ccccc2)n1. The number of hydrogen-bond donors (Lipinski definition) is 1. The molecule has 0 aliphatic carbocycles. The number of esters is 1. The molecule has 0 fully saturated rings. The topological polar surface area (TPSA) is 94.6 Å². The quantitative estimate of drug-likeness (QED) is 0.862. The Labute approximate surface area is 136 Å². The Bertz CT molecular complexity index is 714. The van der Waals surface area contributed by atoms with Gasteiger partial charge in [0.1, 0.15) is 5.01 Å². The second kappa shape index (κ2) is 7.50. The molecule has 1 atom stereocenters. The first kappa shape index (κ1) is 16.6. The highest BCUT2D eigenvalue weighted by molar-refractivity contribution is 7.13. The van der Waals surface area contributed by atoms with E-state index in [9.17, 15) is 14.4 Å².